The van der Waals surface area contributed by atoms with Crippen LogP contribution in [0.25, 0.3) is 0 Å². The minimum atomic E-state index is -0.978. The molecule has 0 radical (unpaired) electrons. The molecule has 1 heterocycles. The molecule has 1 aromatic carbocycles. The minimum Gasteiger partial charge on any atom is -0.480 e. The molecule has 22 heavy (non-hydrogen) atoms. The highest BCUT2D eigenvalue weighted by atomic mass is 16.5. The van der Waals surface area contributed by atoms with Gasteiger partial charge in [0.15, 0.2) is 0 Å². The highest BCUT2D eigenvalue weighted by molar-refractivity contribution is 5.83. The summed E-state index contributed by atoms with van der Waals surface area (Å²) in [5.74, 6) is -0.665. The normalized spacial score (nSPS) is 18.9. The largest absolute Gasteiger partial charge is 0.480 e. The van der Waals surface area contributed by atoms with Crippen molar-refractivity contribution in [2.24, 2.45) is 5.92 Å². The maximum absolute atomic E-state index is 12.5. The van der Waals surface area contributed by atoms with E-state index in [1.807, 2.05) is 30.3 Å². The number of benzene rings is 1. The lowest BCUT2D eigenvalue weighted by atomic mass is 10.0. The number of amides is 1. The number of ether oxygens (including phenoxy) is 1. The predicted molar refractivity (Wildman–Crippen MR) is 82.2 cm³/mol. The molecule has 1 fully saturated rings. The van der Waals surface area contributed by atoms with E-state index >= 15 is 0 Å². The molecular formula is C17H23NO4. The Morgan fingerprint density at radius 3 is 2.68 bits per heavy atom. The first-order valence-electron chi connectivity index (χ1n) is 7.72. The summed E-state index contributed by atoms with van der Waals surface area (Å²) in [6, 6.07) is 8.65. The molecule has 0 spiro atoms. The molecule has 5 nitrogen and oxygen atoms in total. The van der Waals surface area contributed by atoms with Crippen molar-refractivity contribution in [3.63, 3.8) is 0 Å². The molecule has 2 atom stereocenters. The summed E-state index contributed by atoms with van der Waals surface area (Å²) < 4.78 is 5.31. The van der Waals surface area contributed by atoms with Gasteiger partial charge in [0.05, 0.1) is 0 Å². The molecule has 0 bridgehead atoms. The second-order valence-electron chi connectivity index (χ2n) is 5.79. The third-order valence-electron chi connectivity index (χ3n) is 4.13. The summed E-state index contributed by atoms with van der Waals surface area (Å²) in [5, 5.41) is 9.25. The fourth-order valence-corrected chi connectivity index (χ4v) is 2.64. The first-order chi connectivity index (χ1) is 10.6. The summed E-state index contributed by atoms with van der Waals surface area (Å²) in [6.07, 6.45) is 2.12. The Bertz CT molecular complexity index is 497. The van der Waals surface area contributed by atoms with Gasteiger partial charge in [0.1, 0.15) is 6.04 Å². The first kappa shape index (κ1) is 16.5. The Labute approximate surface area is 130 Å². The van der Waals surface area contributed by atoms with Gasteiger partial charge in [-0.2, -0.15) is 0 Å². The number of aliphatic carboxylic acids is 1. The summed E-state index contributed by atoms with van der Waals surface area (Å²) >= 11 is 0. The van der Waals surface area contributed by atoms with E-state index in [9.17, 15) is 14.7 Å². The summed E-state index contributed by atoms with van der Waals surface area (Å²) in [4.78, 5) is 25.2. The predicted octanol–water partition coefficient (Wildman–Crippen LogP) is 2.31. The van der Waals surface area contributed by atoms with Gasteiger partial charge in [0, 0.05) is 26.2 Å². The van der Waals surface area contributed by atoms with E-state index < -0.39 is 12.0 Å². The van der Waals surface area contributed by atoms with Crippen LogP contribution in [0.1, 0.15) is 31.7 Å². The van der Waals surface area contributed by atoms with E-state index in [0.29, 0.717) is 25.5 Å². The van der Waals surface area contributed by atoms with Gasteiger partial charge in [-0.25, -0.2) is 4.79 Å². The quantitative estimate of drug-likeness (QED) is 0.839. The molecule has 1 aromatic rings. The van der Waals surface area contributed by atoms with Crippen molar-refractivity contribution in [1.29, 1.82) is 0 Å². The first-order valence-corrected chi connectivity index (χ1v) is 7.72. The zero-order valence-electron chi connectivity index (χ0n) is 12.9. The van der Waals surface area contributed by atoms with Crippen LogP contribution in [0.4, 0.5) is 0 Å². The Morgan fingerprint density at radius 2 is 2.09 bits per heavy atom. The highest BCUT2D eigenvalue weighted by Gasteiger charge is 2.26. The van der Waals surface area contributed by atoms with Crippen LogP contribution in [0.5, 0.6) is 0 Å². The Balaban J connectivity index is 1.99. The lowest BCUT2D eigenvalue weighted by molar-refractivity contribution is -0.150. The average molecular weight is 305 g/mol. The van der Waals surface area contributed by atoms with E-state index in [4.69, 9.17) is 4.74 Å². The number of carboxylic acids is 1. The van der Waals surface area contributed by atoms with Crippen LogP contribution in [0.3, 0.4) is 0 Å². The molecular weight excluding hydrogens is 282 g/mol. The molecule has 1 N–H and O–H groups in total. The van der Waals surface area contributed by atoms with Gasteiger partial charge >= 0.3 is 5.97 Å². The molecule has 2 unspecified atom stereocenters. The van der Waals surface area contributed by atoms with Crippen molar-refractivity contribution < 1.29 is 19.4 Å². The summed E-state index contributed by atoms with van der Waals surface area (Å²) in [6.45, 7) is 3.36. The van der Waals surface area contributed by atoms with E-state index in [0.717, 1.165) is 25.0 Å². The van der Waals surface area contributed by atoms with E-state index in [1.54, 1.807) is 6.92 Å². The molecule has 120 valence electrons. The van der Waals surface area contributed by atoms with Gasteiger partial charge < -0.3 is 14.7 Å². The molecule has 1 aliphatic rings. The van der Waals surface area contributed by atoms with Crippen LogP contribution in [0.15, 0.2) is 30.3 Å². The highest BCUT2D eigenvalue weighted by Crippen LogP contribution is 2.20. The van der Waals surface area contributed by atoms with Crippen molar-refractivity contribution in [3.8, 4) is 0 Å². The Kier molecular flexibility index (Phi) is 5.95. The molecule has 0 aromatic heterocycles. The zero-order valence-corrected chi connectivity index (χ0v) is 12.9. The van der Waals surface area contributed by atoms with Gasteiger partial charge in [-0.05, 0) is 31.2 Å². The fraction of sp³-hybridized carbons (Fsp3) is 0.529. The average Bonchev–Trinajstić information content (AvgIpc) is 3.04. The maximum atomic E-state index is 12.5. The van der Waals surface area contributed by atoms with Gasteiger partial charge in [0.25, 0.3) is 0 Å². The van der Waals surface area contributed by atoms with Crippen molar-refractivity contribution >= 4 is 11.9 Å². The van der Waals surface area contributed by atoms with Gasteiger partial charge in [-0.15, -0.1) is 0 Å². The molecule has 1 saturated heterocycles. The van der Waals surface area contributed by atoms with Crippen LogP contribution in [0.2, 0.25) is 0 Å². The Morgan fingerprint density at radius 1 is 1.36 bits per heavy atom. The topological polar surface area (TPSA) is 66.8 Å². The van der Waals surface area contributed by atoms with Crippen molar-refractivity contribution in [3.05, 3.63) is 35.9 Å². The number of rotatable bonds is 7. The second kappa shape index (κ2) is 7.94. The van der Waals surface area contributed by atoms with Crippen LogP contribution >= 0.6 is 0 Å². The monoisotopic (exact) mass is 305 g/mol. The smallest absolute Gasteiger partial charge is 0.326 e. The molecule has 1 amide bonds. The van der Waals surface area contributed by atoms with Crippen molar-refractivity contribution in [2.75, 3.05) is 13.2 Å². The summed E-state index contributed by atoms with van der Waals surface area (Å²) in [5.41, 5.74) is 0.938. The number of carboxylic acid groups (broad SMARTS) is 1. The van der Waals surface area contributed by atoms with E-state index in [-0.39, 0.29) is 5.91 Å². The number of carbonyl (C=O) groups excluding carboxylic acids is 1. The fourth-order valence-electron chi connectivity index (χ4n) is 2.64. The number of hydrogen-bond acceptors (Lipinski definition) is 3. The molecule has 0 saturated carbocycles. The van der Waals surface area contributed by atoms with Crippen LogP contribution in [-0.4, -0.2) is 41.1 Å². The van der Waals surface area contributed by atoms with Crippen LogP contribution in [-0.2, 0) is 20.9 Å². The third kappa shape index (κ3) is 4.56. The van der Waals surface area contributed by atoms with Gasteiger partial charge in [0.2, 0.25) is 5.91 Å². The summed E-state index contributed by atoms with van der Waals surface area (Å²) in [7, 11) is 0. The molecule has 2 rings (SSSR count). The van der Waals surface area contributed by atoms with E-state index in [1.165, 1.54) is 4.90 Å². The Hall–Kier alpha value is -1.88. The SMILES string of the molecule is CC(C(=O)O)N(Cc1ccccc1)C(=O)CCC1CCOC1. The molecule has 0 aliphatic carbocycles. The minimum absolute atomic E-state index is 0.106. The standard InChI is InChI=1S/C17H23NO4/c1-13(17(20)21)18(11-14-5-3-2-4-6-14)16(19)8-7-15-9-10-22-12-15/h2-6,13,15H,7-12H2,1H3,(H,20,21). The number of nitrogens with zero attached hydrogens (tertiary/aromatic N) is 1. The van der Waals surface area contributed by atoms with Crippen molar-refractivity contribution in [2.45, 2.75) is 38.8 Å². The number of carbonyl (C=O) groups is 2. The van der Waals surface area contributed by atoms with Gasteiger partial charge in [-0.3, -0.25) is 4.79 Å². The molecule has 5 heteroatoms. The third-order valence-corrected chi connectivity index (χ3v) is 4.13. The maximum Gasteiger partial charge on any atom is 0.326 e. The van der Waals surface area contributed by atoms with Crippen LogP contribution in [0, 0.1) is 5.92 Å². The zero-order chi connectivity index (χ0) is 15.9. The lowest BCUT2D eigenvalue weighted by Gasteiger charge is -2.27. The van der Waals surface area contributed by atoms with E-state index in [2.05, 4.69) is 0 Å². The van der Waals surface area contributed by atoms with Crippen molar-refractivity contribution in [1.82, 2.24) is 4.90 Å². The second-order valence-corrected chi connectivity index (χ2v) is 5.79. The van der Waals surface area contributed by atoms with Gasteiger partial charge in [-0.1, -0.05) is 30.3 Å². The molecule has 1 aliphatic heterocycles. The lowest BCUT2D eigenvalue weighted by Crippen LogP contribution is -2.42. The van der Waals surface area contributed by atoms with Crippen LogP contribution < -0.4 is 0 Å². The number of hydrogen-bond donors (Lipinski definition) is 1.